The number of carboxylic acids is 1. The van der Waals surface area contributed by atoms with Gasteiger partial charge in [-0.15, -0.1) is 0 Å². The first-order valence-electron chi connectivity index (χ1n) is 38.5. The van der Waals surface area contributed by atoms with Crippen molar-refractivity contribution in [2.24, 2.45) is 0 Å². The van der Waals surface area contributed by atoms with Crippen molar-refractivity contribution in [2.45, 2.75) is 386 Å². The topological polar surface area (TPSA) is 108 Å². The van der Waals surface area contributed by atoms with E-state index < -0.39 is 18.4 Å². The molecule has 0 heterocycles. The van der Waals surface area contributed by atoms with Gasteiger partial charge in [-0.2, -0.15) is 0 Å². The fourth-order valence-corrected chi connectivity index (χ4v) is 11.4. The highest BCUT2D eigenvalue weighted by Gasteiger charge is 2.25. The summed E-state index contributed by atoms with van der Waals surface area (Å²) in [4.78, 5) is 37.7. The summed E-state index contributed by atoms with van der Waals surface area (Å²) in [6, 6.07) is 0. The molecule has 2 atom stereocenters. The van der Waals surface area contributed by atoms with Crippen LogP contribution in [0, 0.1) is 0 Å². The number of unbranched alkanes of at least 4 members (excludes halogenated alkanes) is 47. The highest BCUT2D eigenvalue weighted by atomic mass is 16.7. The van der Waals surface area contributed by atoms with Gasteiger partial charge < -0.3 is 28.5 Å². The number of likely N-dealkylation sites (N-methyl/N-ethyl adjacent to an activating group) is 1. The van der Waals surface area contributed by atoms with Crippen molar-refractivity contribution in [1.82, 2.24) is 0 Å². The Morgan fingerprint density at radius 2 is 0.607 bits per heavy atom. The molecule has 0 aliphatic heterocycles. The van der Waals surface area contributed by atoms with E-state index in [2.05, 4.69) is 74.6 Å². The first-order chi connectivity index (χ1) is 43.6. The second kappa shape index (κ2) is 70.9. The largest absolute Gasteiger partial charge is 0.477 e. The molecule has 0 rings (SSSR count). The minimum absolute atomic E-state index is 0.179. The van der Waals surface area contributed by atoms with Crippen LogP contribution in [0.3, 0.4) is 0 Å². The maximum atomic E-state index is 13.0. The summed E-state index contributed by atoms with van der Waals surface area (Å²) in [6.45, 7) is 4.91. The monoisotopic (exact) mass is 1250 g/mol. The van der Waals surface area contributed by atoms with E-state index in [-0.39, 0.29) is 38.2 Å². The lowest BCUT2D eigenvalue weighted by atomic mass is 10.0. The Morgan fingerprint density at radius 1 is 0.337 bits per heavy atom. The Hall–Kier alpha value is -3.01. The summed E-state index contributed by atoms with van der Waals surface area (Å²) in [5.74, 6) is -1.98. The molecule has 0 aromatic carbocycles. The zero-order chi connectivity index (χ0) is 64.7. The summed E-state index contributed by atoms with van der Waals surface area (Å²) < 4.78 is 23.0. The number of aliphatic carboxylic acids is 1. The second-order valence-electron chi connectivity index (χ2n) is 27.3. The van der Waals surface area contributed by atoms with Crippen LogP contribution in [-0.2, 0) is 33.3 Å². The summed E-state index contributed by atoms with van der Waals surface area (Å²) in [5, 5.41) is 9.76. The molecule has 0 aromatic heterocycles. The van der Waals surface area contributed by atoms with Gasteiger partial charge in [0.25, 0.3) is 6.29 Å². The zero-order valence-electron chi connectivity index (χ0n) is 59.6. The van der Waals surface area contributed by atoms with Crippen LogP contribution in [-0.4, -0.2) is 87.4 Å². The lowest BCUT2D eigenvalue weighted by Crippen LogP contribution is -2.40. The smallest absolute Gasteiger partial charge is 0.361 e. The number of carbonyl (C=O) groups is 3. The van der Waals surface area contributed by atoms with Crippen molar-refractivity contribution in [1.29, 1.82) is 0 Å². The van der Waals surface area contributed by atoms with Crippen LogP contribution >= 0.6 is 0 Å². The van der Waals surface area contributed by atoms with Crippen LogP contribution in [0.15, 0.2) is 60.8 Å². The van der Waals surface area contributed by atoms with Gasteiger partial charge in [0, 0.05) is 12.8 Å². The summed E-state index contributed by atoms with van der Waals surface area (Å²) in [6.07, 6.45) is 90.8. The van der Waals surface area contributed by atoms with E-state index in [1.165, 1.54) is 289 Å². The molecule has 0 amide bonds. The first-order valence-corrected chi connectivity index (χ1v) is 38.5. The normalized spacial score (nSPS) is 13.0. The third-order valence-electron chi connectivity index (χ3n) is 17.2. The average molecular weight is 1250 g/mol. The quantitative estimate of drug-likeness (QED) is 0.0211. The predicted molar refractivity (Wildman–Crippen MR) is 383 cm³/mol. The Kier molecular flexibility index (Phi) is 68.5. The number of nitrogens with zero attached hydrogens (tertiary/aromatic N) is 1. The number of ether oxygens (including phenoxy) is 4. The number of allylic oxidation sites excluding steroid dienone is 10. The summed E-state index contributed by atoms with van der Waals surface area (Å²) in [5.41, 5.74) is 0. The lowest BCUT2D eigenvalue weighted by Gasteiger charge is -2.25. The Morgan fingerprint density at radius 3 is 0.899 bits per heavy atom. The van der Waals surface area contributed by atoms with Crippen molar-refractivity contribution in [3.63, 3.8) is 0 Å². The molecule has 0 fully saturated rings. The number of carbonyl (C=O) groups excluding carboxylic acids is 2. The van der Waals surface area contributed by atoms with Crippen molar-refractivity contribution in [3.05, 3.63) is 60.8 Å². The molecular formula is C80H148NO8+. The maximum absolute atomic E-state index is 13.0. The van der Waals surface area contributed by atoms with Gasteiger partial charge in [0.05, 0.1) is 34.4 Å². The second-order valence-corrected chi connectivity index (χ2v) is 27.3. The Bertz CT molecular complexity index is 1650. The molecule has 0 spiro atoms. The van der Waals surface area contributed by atoms with E-state index in [9.17, 15) is 19.5 Å². The van der Waals surface area contributed by atoms with Gasteiger partial charge in [-0.05, 0) is 83.5 Å². The van der Waals surface area contributed by atoms with Gasteiger partial charge in [-0.25, -0.2) is 4.79 Å². The number of hydrogen-bond acceptors (Lipinski definition) is 7. The van der Waals surface area contributed by atoms with Gasteiger partial charge in [0.15, 0.2) is 6.10 Å². The van der Waals surface area contributed by atoms with E-state index in [4.69, 9.17) is 18.9 Å². The molecule has 2 unspecified atom stereocenters. The van der Waals surface area contributed by atoms with Crippen molar-refractivity contribution < 1.29 is 42.9 Å². The zero-order valence-corrected chi connectivity index (χ0v) is 59.6. The molecule has 0 saturated heterocycles. The fourth-order valence-electron chi connectivity index (χ4n) is 11.4. The van der Waals surface area contributed by atoms with Crippen LogP contribution in [0.25, 0.3) is 0 Å². The highest BCUT2D eigenvalue weighted by molar-refractivity contribution is 5.71. The van der Waals surface area contributed by atoms with Gasteiger partial charge in [-0.1, -0.05) is 338 Å². The lowest BCUT2D eigenvalue weighted by molar-refractivity contribution is -0.870. The van der Waals surface area contributed by atoms with Crippen molar-refractivity contribution >= 4 is 17.9 Å². The third kappa shape index (κ3) is 72.3. The number of quaternary nitrogens is 1. The first kappa shape index (κ1) is 86.0. The van der Waals surface area contributed by atoms with Crippen LogP contribution in [0.2, 0.25) is 0 Å². The van der Waals surface area contributed by atoms with E-state index in [1.807, 2.05) is 21.1 Å². The molecule has 0 aromatic rings. The number of rotatable bonds is 72. The molecule has 9 nitrogen and oxygen atoms in total. The van der Waals surface area contributed by atoms with Gasteiger partial charge in [-0.3, -0.25) is 9.59 Å². The molecule has 0 aliphatic carbocycles. The van der Waals surface area contributed by atoms with Crippen LogP contribution in [0.5, 0.6) is 0 Å². The van der Waals surface area contributed by atoms with E-state index >= 15 is 0 Å². The minimum Gasteiger partial charge on any atom is -0.477 e. The minimum atomic E-state index is -1.51. The van der Waals surface area contributed by atoms with Gasteiger partial charge in [0.1, 0.15) is 13.2 Å². The number of hydrogen-bond donors (Lipinski definition) is 1. The molecule has 1 N–H and O–H groups in total. The number of carboxylic acid groups (broad SMARTS) is 1. The molecule has 0 saturated carbocycles. The SMILES string of the molecule is CCCCCCC/C=C\C/C=C\C/C=C\CCCCCCCCCCCCCCCCCCCCCCCCCCC(=O)OC(COC(=O)CCCCCCCCCCCCCCC/C=C\C/C=C\CCCCCCC)COC(OCC[N+](C)(C)C)C(=O)O. The van der Waals surface area contributed by atoms with Crippen LogP contribution in [0.4, 0.5) is 0 Å². The van der Waals surface area contributed by atoms with Crippen molar-refractivity contribution in [3.8, 4) is 0 Å². The Balaban J connectivity index is 3.98. The van der Waals surface area contributed by atoms with Gasteiger partial charge in [0.2, 0.25) is 0 Å². The summed E-state index contributed by atoms with van der Waals surface area (Å²) in [7, 11) is 5.99. The molecule has 0 bridgehead atoms. The van der Waals surface area contributed by atoms with E-state index in [1.54, 1.807) is 0 Å². The molecule has 9 heteroatoms. The fraction of sp³-hybridized carbons (Fsp3) is 0.838. The molecule has 89 heavy (non-hydrogen) atoms. The molecule has 0 radical (unpaired) electrons. The highest BCUT2D eigenvalue weighted by Crippen LogP contribution is 2.19. The third-order valence-corrected chi connectivity index (χ3v) is 17.2. The van der Waals surface area contributed by atoms with Crippen LogP contribution < -0.4 is 0 Å². The molecule has 520 valence electrons. The Labute approximate surface area is 552 Å². The molecule has 0 aliphatic rings. The standard InChI is InChI=1S/C80H147NO8/c1-6-8-10-12-14-16-18-20-22-24-26-28-30-32-33-34-35-36-37-38-39-40-41-42-43-44-45-47-49-51-53-55-57-59-61-63-65-67-69-71-78(83)89-76(75-88-80(79(84)85)86-73-72-81(3,4)5)74-87-77(82)70-68-66-64-62-60-58-56-54-52-50-48-46-31-29-27-25-23-21-19-17-15-13-11-9-7-2/h18-21,24-27,30,32,76,80H,6-17,22-23,28-29,31,33-75H2,1-5H3/p+1/b20-18-,21-19-,26-24-,27-25-,32-30-. The summed E-state index contributed by atoms with van der Waals surface area (Å²) >= 11 is 0. The van der Waals surface area contributed by atoms with E-state index in [0.29, 0.717) is 17.4 Å². The number of esters is 2. The van der Waals surface area contributed by atoms with E-state index in [0.717, 1.165) is 57.8 Å². The predicted octanol–water partition coefficient (Wildman–Crippen LogP) is 24.3. The van der Waals surface area contributed by atoms with Crippen LogP contribution in [0.1, 0.15) is 373 Å². The van der Waals surface area contributed by atoms with Crippen molar-refractivity contribution in [2.75, 3.05) is 47.5 Å². The maximum Gasteiger partial charge on any atom is 0.361 e. The van der Waals surface area contributed by atoms with Gasteiger partial charge >= 0.3 is 17.9 Å². The average Bonchev–Trinajstić information content (AvgIpc) is 3.64. The molecular weight excluding hydrogens is 1100 g/mol.